The summed E-state index contributed by atoms with van der Waals surface area (Å²) in [6.45, 7) is 9.70. The third-order valence-electron chi connectivity index (χ3n) is 5.21. The Morgan fingerprint density at radius 1 is 1.00 bits per heavy atom. The summed E-state index contributed by atoms with van der Waals surface area (Å²) in [5.41, 5.74) is 0. The number of rotatable bonds is 9. The molecule has 1 N–H and O–H groups in total. The van der Waals surface area contributed by atoms with Crippen LogP contribution in [0.15, 0.2) is 0 Å². The number of likely N-dealkylation sites (tertiary alicyclic amines) is 1. The Bertz CT molecular complexity index is 246. The highest BCUT2D eigenvalue weighted by Gasteiger charge is 2.32. The predicted octanol–water partition coefficient (Wildman–Crippen LogP) is 4.06. The van der Waals surface area contributed by atoms with Crippen LogP contribution >= 0.6 is 0 Å². The highest BCUT2D eigenvalue weighted by atomic mass is 15.2. The van der Waals surface area contributed by atoms with Gasteiger partial charge in [-0.3, -0.25) is 0 Å². The topological polar surface area (TPSA) is 15.3 Å². The van der Waals surface area contributed by atoms with Gasteiger partial charge in [0.25, 0.3) is 0 Å². The van der Waals surface area contributed by atoms with Crippen LogP contribution in [0.2, 0.25) is 0 Å². The Kier molecular flexibility index (Phi) is 7.37. The second-order valence-electron chi connectivity index (χ2n) is 7.45. The third kappa shape index (κ3) is 5.37. The molecule has 118 valence electrons. The summed E-state index contributed by atoms with van der Waals surface area (Å²) in [6, 6.07) is 0.955. The summed E-state index contributed by atoms with van der Waals surface area (Å²) in [5.74, 6) is 1.83. The van der Waals surface area contributed by atoms with Gasteiger partial charge in [0, 0.05) is 6.04 Å². The van der Waals surface area contributed by atoms with Crippen molar-refractivity contribution < 1.29 is 0 Å². The van der Waals surface area contributed by atoms with E-state index >= 15 is 0 Å². The maximum atomic E-state index is 3.55. The molecule has 1 aliphatic carbocycles. The number of unbranched alkanes of at least 4 members (excludes halogenated alkanes) is 2. The van der Waals surface area contributed by atoms with Crippen LogP contribution in [0, 0.1) is 11.8 Å². The quantitative estimate of drug-likeness (QED) is 0.641. The molecule has 1 aliphatic heterocycles. The van der Waals surface area contributed by atoms with Crippen molar-refractivity contribution in [1.82, 2.24) is 10.2 Å². The molecule has 20 heavy (non-hydrogen) atoms. The van der Waals surface area contributed by atoms with E-state index in [1.807, 2.05) is 0 Å². The monoisotopic (exact) mass is 280 g/mol. The molecule has 0 amide bonds. The van der Waals surface area contributed by atoms with Crippen LogP contribution < -0.4 is 5.32 Å². The Hall–Kier alpha value is -0.0800. The highest BCUT2D eigenvalue weighted by Crippen LogP contribution is 2.35. The van der Waals surface area contributed by atoms with Gasteiger partial charge in [-0.25, -0.2) is 0 Å². The van der Waals surface area contributed by atoms with Crippen LogP contribution in [0.25, 0.3) is 0 Å². The zero-order valence-corrected chi connectivity index (χ0v) is 13.9. The molecule has 1 saturated carbocycles. The first-order chi connectivity index (χ1) is 9.77. The zero-order valence-electron chi connectivity index (χ0n) is 13.9. The fourth-order valence-electron chi connectivity index (χ4n) is 4.14. The van der Waals surface area contributed by atoms with Crippen molar-refractivity contribution >= 4 is 0 Å². The normalized spacial score (nSPS) is 25.1. The van der Waals surface area contributed by atoms with Gasteiger partial charge in [0.15, 0.2) is 0 Å². The average molecular weight is 280 g/mol. The van der Waals surface area contributed by atoms with Crippen molar-refractivity contribution in [2.75, 3.05) is 26.2 Å². The van der Waals surface area contributed by atoms with Crippen LogP contribution in [0.1, 0.15) is 71.6 Å². The summed E-state index contributed by atoms with van der Waals surface area (Å²) in [7, 11) is 0. The Balaban J connectivity index is 1.52. The smallest absolute Gasteiger partial charge is 0.0124 e. The first-order valence-electron chi connectivity index (χ1n) is 9.22. The maximum Gasteiger partial charge on any atom is 0.0124 e. The molecule has 0 radical (unpaired) electrons. The summed E-state index contributed by atoms with van der Waals surface area (Å²) < 4.78 is 0. The molecule has 1 saturated heterocycles. The Morgan fingerprint density at radius 2 is 1.80 bits per heavy atom. The standard InChI is InChI=1S/C18H36N2/c1-16(2)15-19-12-6-3-7-13-20-14-8-11-18(20)17-9-4-5-10-17/h16-19H,3-15H2,1-2H3. The third-order valence-corrected chi connectivity index (χ3v) is 5.21. The molecule has 1 unspecified atom stereocenters. The fourth-order valence-corrected chi connectivity index (χ4v) is 4.14. The molecule has 2 heteroatoms. The number of nitrogens with one attached hydrogen (secondary N) is 1. The van der Waals surface area contributed by atoms with Crippen LogP contribution in [0.5, 0.6) is 0 Å². The lowest BCUT2D eigenvalue weighted by atomic mass is 9.96. The molecule has 0 aromatic rings. The van der Waals surface area contributed by atoms with Crippen LogP contribution in [-0.4, -0.2) is 37.1 Å². The SMILES string of the molecule is CC(C)CNCCCCCN1CCCC1C1CCCC1. The first-order valence-corrected chi connectivity index (χ1v) is 9.22. The molecule has 0 bridgehead atoms. The first kappa shape index (κ1) is 16.3. The molecular weight excluding hydrogens is 244 g/mol. The highest BCUT2D eigenvalue weighted by molar-refractivity contribution is 4.87. The molecule has 0 aromatic heterocycles. The van der Waals surface area contributed by atoms with E-state index in [0.717, 1.165) is 17.9 Å². The molecule has 2 fully saturated rings. The summed E-state index contributed by atoms with van der Waals surface area (Å²) in [6.07, 6.45) is 13.1. The van der Waals surface area contributed by atoms with E-state index in [0.29, 0.717) is 0 Å². The van der Waals surface area contributed by atoms with Gasteiger partial charge in [-0.2, -0.15) is 0 Å². The molecule has 1 heterocycles. The van der Waals surface area contributed by atoms with Gasteiger partial charge < -0.3 is 10.2 Å². The predicted molar refractivity (Wildman–Crippen MR) is 88.1 cm³/mol. The van der Waals surface area contributed by atoms with Gasteiger partial charge in [0.1, 0.15) is 0 Å². The van der Waals surface area contributed by atoms with E-state index in [2.05, 4.69) is 24.1 Å². The zero-order chi connectivity index (χ0) is 14.2. The number of nitrogens with zero attached hydrogens (tertiary/aromatic N) is 1. The Morgan fingerprint density at radius 3 is 2.55 bits per heavy atom. The van der Waals surface area contributed by atoms with Crippen molar-refractivity contribution in [3.63, 3.8) is 0 Å². The van der Waals surface area contributed by atoms with Gasteiger partial charge in [0.2, 0.25) is 0 Å². The summed E-state index contributed by atoms with van der Waals surface area (Å²) >= 11 is 0. The number of hydrogen-bond acceptors (Lipinski definition) is 2. The van der Waals surface area contributed by atoms with Crippen LogP contribution in [0.3, 0.4) is 0 Å². The van der Waals surface area contributed by atoms with Gasteiger partial charge in [-0.15, -0.1) is 0 Å². The second kappa shape index (κ2) is 9.04. The average Bonchev–Trinajstić information content (AvgIpc) is 3.07. The lowest BCUT2D eigenvalue weighted by Crippen LogP contribution is -2.35. The van der Waals surface area contributed by atoms with E-state index in [-0.39, 0.29) is 0 Å². The summed E-state index contributed by atoms with van der Waals surface area (Å²) in [4.78, 5) is 2.83. The van der Waals surface area contributed by atoms with Gasteiger partial charge >= 0.3 is 0 Å². The molecule has 2 nitrogen and oxygen atoms in total. The van der Waals surface area contributed by atoms with E-state index in [9.17, 15) is 0 Å². The van der Waals surface area contributed by atoms with Crippen molar-refractivity contribution in [3.05, 3.63) is 0 Å². The van der Waals surface area contributed by atoms with E-state index < -0.39 is 0 Å². The van der Waals surface area contributed by atoms with Crippen molar-refractivity contribution in [1.29, 1.82) is 0 Å². The largest absolute Gasteiger partial charge is 0.316 e. The van der Waals surface area contributed by atoms with Gasteiger partial charge in [-0.05, 0) is 76.5 Å². The molecule has 2 rings (SSSR count). The van der Waals surface area contributed by atoms with Crippen LogP contribution in [0.4, 0.5) is 0 Å². The van der Waals surface area contributed by atoms with E-state index in [1.165, 1.54) is 84.0 Å². The molecular formula is C18H36N2. The van der Waals surface area contributed by atoms with Crippen molar-refractivity contribution in [2.24, 2.45) is 11.8 Å². The Labute approximate surface area is 126 Å². The minimum atomic E-state index is 0.784. The molecule has 0 aromatic carbocycles. The summed E-state index contributed by atoms with van der Waals surface area (Å²) in [5, 5.41) is 3.55. The maximum absolute atomic E-state index is 3.55. The van der Waals surface area contributed by atoms with E-state index in [4.69, 9.17) is 0 Å². The lowest BCUT2D eigenvalue weighted by Gasteiger charge is -2.29. The molecule has 2 aliphatic rings. The minimum Gasteiger partial charge on any atom is -0.316 e. The minimum absolute atomic E-state index is 0.784. The number of hydrogen-bond donors (Lipinski definition) is 1. The lowest BCUT2D eigenvalue weighted by molar-refractivity contribution is 0.187. The van der Waals surface area contributed by atoms with Crippen molar-refractivity contribution in [2.45, 2.75) is 77.7 Å². The van der Waals surface area contributed by atoms with Crippen LogP contribution in [-0.2, 0) is 0 Å². The second-order valence-corrected chi connectivity index (χ2v) is 7.45. The van der Waals surface area contributed by atoms with E-state index in [1.54, 1.807) is 0 Å². The molecule has 0 spiro atoms. The van der Waals surface area contributed by atoms with Gasteiger partial charge in [-0.1, -0.05) is 33.1 Å². The molecule has 1 atom stereocenters. The van der Waals surface area contributed by atoms with Gasteiger partial charge in [0.05, 0.1) is 0 Å². The fraction of sp³-hybridized carbons (Fsp3) is 1.00. The van der Waals surface area contributed by atoms with Crippen molar-refractivity contribution in [3.8, 4) is 0 Å².